The summed E-state index contributed by atoms with van der Waals surface area (Å²) < 4.78 is 43.3. The molecule has 0 aliphatic rings. The molecule has 0 unspecified atom stereocenters. The van der Waals surface area contributed by atoms with Crippen molar-refractivity contribution in [3.63, 3.8) is 0 Å². The molecular formula is C31H22F3N5O2. The van der Waals surface area contributed by atoms with Gasteiger partial charge in [-0.25, -0.2) is 0 Å². The van der Waals surface area contributed by atoms with E-state index in [4.69, 9.17) is 4.74 Å². The molecule has 0 heterocycles. The number of ether oxygens (including phenoxy) is 1. The summed E-state index contributed by atoms with van der Waals surface area (Å²) in [4.78, 5) is 4.58. The van der Waals surface area contributed by atoms with Crippen molar-refractivity contribution >= 4 is 45.4 Å². The van der Waals surface area contributed by atoms with Crippen molar-refractivity contribution in [1.82, 2.24) is 0 Å². The zero-order valence-corrected chi connectivity index (χ0v) is 21.6. The van der Waals surface area contributed by atoms with Crippen molar-refractivity contribution in [3.8, 4) is 11.5 Å². The Hall–Kier alpha value is -5.38. The van der Waals surface area contributed by atoms with E-state index in [1.165, 1.54) is 19.2 Å². The highest BCUT2D eigenvalue weighted by atomic mass is 19.4. The summed E-state index contributed by atoms with van der Waals surface area (Å²) in [7, 11) is 1.49. The molecule has 204 valence electrons. The zero-order valence-electron chi connectivity index (χ0n) is 21.6. The van der Waals surface area contributed by atoms with Crippen LogP contribution in [0.25, 0.3) is 10.8 Å². The maximum Gasteiger partial charge on any atom is 0.416 e. The number of methoxy groups -OCH3 is 1. The average Bonchev–Trinajstić information content (AvgIpc) is 2.99. The van der Waals surface area contributed by atoms with Gasteiger partial charge in [0, 0.05) is 22.6 Å². The van der Waals surface area contributed by atoms with Crippen LogP contribution in [0.15, 0.2) is 129 Å². The molecule has 7 nitrogen and oxygen atoms in total. The van der Waals surface area contributed by atoms with Crippen molar-refractivity contribution in [3.05, 3.63) is 114 Å². The Bertz CT molecular complexity index is 1760. The maximum absolute atomic E-state index is 12.7. The van der Waals surface area contributed by atoms with E-state index in [2.05, 4.69) is 25.4 Å². The maximum atomic E-state index is 12.7. The second-order valence-electron chi connectivity index (χ2n) is 8.77. The Labute approximate surface area is 233 Å². The van der Waals surface area contributed by atoms with E-state index in [9.17, 15) is 18.3 Å². The molecule has 0 bridgehead atoms. The van der Waals surface area contributed by atoms with Gasteiger partial charge < -0.3 is 9.84 Å². The summed E-state index contributed by atoms with van der Waals surface area (Å²) in [5.41, 5.74) is 2.53. The van der Waals surface area contributed by atoms with Crippen LogP contribution in [-0.4, -0.2) is 18.4 Å². The average molecular weight is 554 g/mol. The topological polar surface area (TPSA) is 91.3 Å². The standard InChI is InChI=1S/C31H22F3N5O2/c1-41-29-8-4-5-20(30(29)40)19-35-27-17-18-28(26-7-3-2-6-25(26)27)39-38-24-15-13-23(14-16-24)37-36-22-11-9-21(10-12-22)31(32,33)34/h2-19,40H,1H3/b35-19+,37-36+,39-38+. The molecule has 5 aromatic rings. The minimum atomic E-state index is -4.40. The van der Waals surface area contributed by atoms with Gasteiger partial charge in [-0.15, -0.1) is 5.11 Å². The minimum Gasteiger partial charge on any atom is -0.504 e. The molecule has 0 fully saturated rings. The second kappa shape index (κ2) is 11.8. The van der Waals surface area contributed by atoms with Gasteiger partial charge in [0.25, 0.3) is 0 Å². The molecule has 0 radical (unpaired) electrons. The summed E-state index contributed by atoms with van der Waals surface area (Å²) in [6.07, 6.45) is -2.82. The van der Waals surface area contributed by atoms with Crippen LogP contribution in [0, 0.1) is 0 Å². The summed E-state index contributed by atoms with van der Waals surface area (Å²) >= 11 is 0. The van der Waals surface area contributed by atoms with Crippen molar-refractivity contribution in [2.45, 2.75) is 6.18 Å². The monoisotopic (exact) mass is 553 g/mol. The van der Waals surface area contributed by atoms with Gasteiger partial charge in [-0.05, 0) is 72.8 Å². The highest BCUT2D eigenvalue weighted by molar-refractivity contribution is 6.01. The second-order valence-corrected chi connectivity index (χ2v) is 8.77. The number of phenols is 1. The molecule has 0 saturated heterocycles. The van der Waals surface area contributed by atoms with E-state index in [1.807, 2.05) is 36.4 Å². The molecule has 1 N–H and O–H groups in total. The first kappa shape index (κ1) is 27.2. The predicted octanol–water partition coefficient (Wildman–Crippen LogP) is 10.2. The smallest absolute Gasteiger partial charge is 0.416 e. The van der Waals surface area contributed by atoms with Crippen molar-refractivity contribution in [2.24, 2.45) is 25.4 Å². The molecule has 0 aromatic heterocycles. The molecule has 0 saturated carbocycles. The largest absolute Gasteiger partial charge is 0.504 e. The number of azo groups is 2. The summed E-state index contributed by atoms with van der Waals surface area (Å²) in [5.74, 6) is 0.380. The molecule has 0 spiro atoms. The first-order valence-electron chi connectivity index (χ1n) is 12.3. The predicted molar refractivity (Wildman–Crippen MR) is 152 cm³/mol. The Morgan fingerprint density at radius 3 is 1.76 bits per heavy atom. The van der Waals surface area contributed by atoms with Gasteiger partial charge in [-0.3, -0.25) is 4.99 Å². The molecule has 5 rings (SSSR count). The van der Waals surface area contributed by atoms with Crippen LogP contribution < -0.4 is 4.74 Å². The first-order chi connectivity index (χ1) is 19.8. The SMILES string of the molecule is COc1cccc(/C=N/c2ccc(/N=N/c3ccc(/N=N/c4ccc(C(F)(F)F)cc4)cc3)c3ccccc23)c1O. The van der Waals surface area contributed by atoms with Crippen molar-refractivity contribution in [1.29, 1.82) is 0 Å². The van der Waals surface area contributed by atoms with Crippen molar-refractivity contribution < 1.29 is 23.0 Å². The number of hydrogen-bond donors (Lipinski definition) is 1. The number of aromatic hydroxyl groups is 1. The number of nitrogens with zero attached hydrogens (tertiary/aromatic N) is 5. The molecule has 0 aliphatic carbocycles. The van der Waals surface area contributed by atoms with E-state index in [1.54, 1.807) is 48.7 Å². The van der Waals surface area contributed by atoms with E-state index >= 15 is 0 Å². The van der Waals surface area contributed by atoms with Crippen LogP contribution in [0.2, 0.25) is 0 Å². The van der Waals surface area contributed by atoms with E-state index < -0.39 is 11.7 Å². The Balaban J connectivity index is 1.32. The van der Waals surface area contributed by atoms with Crippen LogP contribution in [-0.2, 0) is 6.18 Å². The number of aliphatic imine (C=N–C) groups is 1. The number of halogens is 3. The molecule has 10 heteroatoms. The zero-order chi connectivity index (χ0) is 28.8. The fourth-order valence-corrected chi connectivity index (χ4v) is 3.94. The number of para-hydroxylation sites is 1. The van der Waals surface area contributed by atoms with E-state index in [0.29, 0.717) is 39.7 Å². The lowest BCUT2D eigenvalue weighted by Gasteiger charge is -2.06. The normalized spacial score (nSPS) is 12.2. The van der Waals surface area contributed by atoms with Gasteiger partial charge in [0.05, 0.1) is 41.1 Å². The third-order valence-corrected chi connectivity index (χ3v) is 6.07. The van der Waals surface area contributed by atoms with Crippen LogP contribution in [0.1, 0.15) is 11.1 Å². The number of rotatable bonds is 7. The number of hydrogen-bond acceptors (Lipinski definition) is 7. The molecule has 0 amide bonds. The number of fused-ring (bicyclic) bond motifs is 1. The minimum absolute atomic E-state index is 0.0144. The number of alkyl halides is 3. The van der Waals surface area contributed by atoms with Gasteiger partial charge >= 0.3 is 6.18 Å². The Morgan fingerprint density at radius 2 is 1.17 bits per heavy atom. The number of benzene rings is 5. The van der Waals surface area contributed by atoms with Gasteiger partial charge in [-0.1, -0.05) is 30.3 Å². The lowest BCUT2D eigenvalue weighted by atomic mass is 10.1. The van der Waals surface area contributed by atoms with E-state index in [-0.39, 0.29) is 5.75 Å². The highest BCUT2D eigenvalue weighted by Crippen LogP contribution is 2.36. The summed E-state index contributed by atoms with van der Waals surface area (Å²) in [6.45, 7) is 0. The Kier molecular flexibility index (Phi) is 7.82. The third-order valence-electron chi connectivity index (χ3n) is 6.07. The van der Waals surface area contributed by atoms with Crippen molar-refractivity contribution in [2.75, 3.05) is 7.11 Å². The summed E-state index contributed by atoms with van der Waals surface area (Å²) in [5, 5.41) is 28.9. The molecule has 5 aromatic carbocycles. The fraction of sp³-hybridized carbons (Fsp3) is 0.0645. The van der Waals surface area contributed by atoms with E-state index in [0.717, 1.165) is 22.9 Å². The van der Waals surface area contributed by atoms with Gasteiger partial charge in [0.1, 0.15) is 0 Å². The third kappa shape index (κ3) is 6.44. The van der Waals surface area contributed by atoms with Crippen LogP contribution in [0.5, 0.6) is 11.5 Å². The van der Waals surface area contributed by atoms with Gasteiger partial charge in [0.15, 0.2) is 11.5 Å². The summed E-state index contributed by atoms with van der Waals surface area (Å²) in [6, 6.07) is 27.8. The quantitative estimate of drug-likeness (QED) is 0.160. The molecular weight excluding hydrogens is 531 g/mol. The highest BCUT2D eigenvalue weighted by Gasteiger charge is 2.29. The van der Waals surface area contributed by atoms with Crippen LogP contribution in [0.4, 0.5) is 41.6 Å². The Morgan fingerprint density at radius 1 is 0.634 bits per heavy atom. The van der Waals surface area contributed by atoms with Crippen LogP contribution >= 0.6 is 0 Å². The van der Waals surface area contributed by atoms with Gasteiger partial charge in [0.2, 0.25) is 0 Å². The number of phenolic OH excluding ortho intramolecular Hbond substituents is 1. The molecule has 0 aliphatic heterocycles. The lowest BCUT2D eigenvalue weighted by molar-refractivity contribution is -0.137. The molecule has 41 heavy (non-hydrogen) atoms. The molecule has 0 atom stereocenters. The van der Waals surface area contributed by atoms with Crippen LogP contribution in [0.3, 0.4) is 0 Å². The first-order valence-corrected chi connectivity index (χ1v) is 12.3. The van der Waals surface area contributed by atoms with Gasteiger partial charge in [-0.2, -0.15) is 28.5 Å². The fourth-order valence-electron chi connectivity index (χ4n) is 3.94. The lowest BCUT2D eigenvalue weighted by Crippen LogP contribution is -2.03.